The Hall–Kier alpha value is -2.63. The van der Waals surface area contributed by atoms with Gasteiger partial charge in [0.15, 0.2) is 6.29 Å². The van der Waals surface area contributed by atoms with E-state index in [1.165, 1.54) is 6.07 Å². The molecule has 0 bridgehead atoms. The summed E-state index contributed by atoms with van der Waals surface area (Å²) in [5, 5.41) is 5.61. The highest BCUT2D eigenvalue weighted by Crippen LogP contribution is 2.23. The van der Waals surface area contributed by atoms with Crippen LogP contribution in [0.4, 0.5) is 4.79 Å². The Labute approximate surface area is 217 Å². The van der Waals surface area contributed by atoms with Crippen molar-refractivity contribution in [2.45, 2.75) is 90.3 Å². The van der Waals surface area contributed by atoms with Crippen LogP contribution in [0.3, 0.4) is 0 Å². The molecule has 2 aliphatic rings. The van der Waals surface area contributed by atoms with Gasteiger partial charge in [-0.2, -0.15) is 0 Å². The standard InChI is InChI=1S/C26H40N2O9/c1-5-6-11-34-21-19(29)14-18(15-35-20-9-7-8-12-33-20)36-22(21)23(30)28-26(10-13-32-17-26)16-27-24(31)37-25(2,3)4/h14,20H,5-13,15-17H2,1-4H3,(H,27,31)(H,28,30). The van der Waals surface area contributed by atoms with Crippen LogP contribution < -0.4 is 20.8 Å². The average molecular weight is 525 g/mol. The van der Waals surface area contributed by atoms with Crippen LogP contribution >= 0.6 is 0 Å². The lowest BCUT2D eigenvalue weighted by Gasteiger charge is -2.29. The van der Waals surface area contributed by atoms with Crippen molar-refractivity contribution in [3.8, 4) is 5.75 Å². The number of unbranched alkanes of at least 4 members (excludes halogenated alkanes) is 1. The third-order valence-electron chi connectivity index (χ3n) is 5.91. The summed E-state index contributed by atoms with van der Waals surface area (Å²) < 4.78 is 33.7. The number of amides is 2. The van der Waals surface area contributed by atoms with Gasteiger partial charge in [-0.15, -0.1) is 0 Å². The van der Waals surface area contributed by atoms with Crippen LogP contribution in [0.2, 0.25) is 0 Å². The van der Waals surface area contributed by atoms with E-state index in [1.807, 2.05) is 6.92 Å². The number of rotatable bonds is 11. The second kappa shape index (κ2) is 13.3. The Morgan fingerprint density at radius 2 is 2.03 bits per heavy atom. The van der Waals surface area contributed by atoms with E-state index in [4.69, 9.17) is 28.1 Å². The second-order valence-electron chi connectivity index (χ2n) is 10.4. The Bertz CT molecular complexity index is 958. The lowest BCUT2D eigenvalue weighted by atomic mass is 9.98. The fourth-order valence-electron chi connectivity index (χ4n) is 3.97. The molecule has 0 aromatic carbocycles. The molecular formula is C26H40N2O9. The van der Waals surface area contributed by atoms with Crippen molar-refractivity contribution in [3.63, 3.8) is 0 Å². The minimum Gasteiger partial charge on any atom is -0.486 e. The van der Waals surface area contributed by atoms with E-state index in [9.17, 15) is 14.4 Å². The third-order valence-corrected chi connectivity index (χ3v) is 5.91. The van der Waals surface area contributed by atoms with Gasteiger partial charge in [0.25, 0.3) is 5.91 Å². The molecule has 2 aliphatic heterocycles. The molecule has 2 unspecified atom stereocenters. The summed E-state index contributed by atoms with van der Waals surface area (Å²) in [7, 11) is 0. The fourth-order valence-corrected chi connectivity index (χ4v) is 3.97. The van der Waals surface area contributed by atoms with Crippen molar-refractivity contribution >= 4 is 12.0 Å². The summed E-state index contributed by atoms with van der Waals surface area (Å²) in [5.74, 6) is -0.847. The molecule has 0 spiro atoms. The molecule has 2 amide bonds. The minimum atomic E-state index is -0.907. The molecule has 0 saturated carbocycles. The van der Waals surface area contributed by atoms with Crippen LogP contribution in [0, 0.1) is 0 Å². The molecule has 3 heterocycles. The van der Waals surface area contributed by atoms with Crippen LogP contribution in [0.5, 0.6) is 5.75 Å². The monoisotopic (exact) mass is 524 g/mol. The number of carbonyl (C=O) groups is 2. The van der Waals surface area contributed by atoms with Crippen LogP contribution in [0.25, 0.3) is 0 Å². The first-order valence-corrected chi connectivity index (χ1v) is 13.0. The highest BCUT2D eigenvalue weighted by atomic mass is 16.7. The smallest absolute Gasteiger partial charge is 0.407 e. The molecule has 0 radical (unpaired) electrons. The number of hydrogen-bond donors (Lipinski definition) is 2. The highest BCUT2D eigenvalue weighted by Gasteiger charge is 2.39. The van der Waals surface area contributed by atoms with Crippen LogP contribution in [0.1, 0.15) is 82.5 Å². The van der Waals surface area contributed by atoms with Gasteiger partial charge in [-0.1, -0.05) is 13.3 Å². The molecule has 0 aliphatic carbocycles. The van der Waals surface area contributed by atoms with Crippen molar-refractivity contribution in [2.24, 2.45) is 0 Å². The van der Waals surface area contributed by atoms with Crippen molar-refractivity contribution < 1.29 is 37.7 Å². The summed E-state index contributed by atoms with van der Waals surface area (Å²) in [6, 6.07) is 1.28. The van der Waals surface area contributed by atoms with E-state index in [-0.39, 0.29) is 49.9 Å². The maximum absolute atomic E-state index is 13.5. The molecule has 11 heteroatoms. The SMILES string of the molecule is CCCCOc1c(C(=O)NC2(CNC(=O)OC(C)(C)C)CCOC2)oc(COC2CCCCO2)cc1=O. The van der Waals surface area contributed by atoms with E-state index in [0.717, 1.165) is 25.7 Å². The predicted molar refractivity (Wildman–Crippen MR) is 134 cm³/mol. The van der Waals surface area contributed by atoms with Gasteiger partial charge in [-0.05, 0) is 52.9 Å². The Kier molecular flexibility index (Phi) is 10.4. The van der Waals surface area contributed by atoms with Crippen LogP contribution in [-0.4, -0.2) is 62.4 Å². The third kappa shape index (κ3) is 9.01. The van der Waals surface area contributed by atoms with Gasteiger partial charge in [0.05, 0.1) is 18.8 Å². The number of alkyl carbamates (subject to hydrolysis) is 1. The van der Waals surface area contributed by atoms with Gasteiger partial charge in [-0.3, -0.25) is 9.59 Å². The molecule has 1 aromatic heterocycles. The van der Waals surface area contributed by atoms with E-state index < -0.39 is 28.6 Å². The first kappa shape index (κ1) is 28.9. The van der Waals surface area contributed by atoms with E-state index in [1.54, 1.807) is 20.8 Å². The Balaban J connectivity index is 1.77. The van der Waals surface area contributed by atoms with Gasteiger partial charge >= 0.3 is 6.09 Å². The van der Waals surface area contributed by atoms with Gasteiger partial charge in [0.1, 0.15) is 18.0 Å². The van der Waals surface area contributed by atoms with E-state index in [2.05, 4.69) is 10.6 Å². The summed E-state index contributed by atoms with van der Waals surface area (Å²) in [6.45, 7) is 8.80. The van der Waals surface area contributed by atoms with Gasteiger partial charge in [-0.25, -0.2) is 4.79 Å². The van der Waals surface area contributed by atoms with Crippen LogP contribution in [-0.2, 0) is 25.6 Å². The summed E-state index contributed by atoms with van der Waals surface area (Å²) in [5.41, 5.74) is -2.04. The van der Waals surface area contributed by atoms with E-state index in [0.29, 0.717) is 26.1 Å². The zero-order valence-electron chi connectivity index (χ0n) is 22.3. The van der Waals surface area contributed by atoms with Crippen molar-refractivity contribution in [3.05, 3.63) is 27.8 Å². The van der Waals surface area contributed by atoms with Gasteiger partial charge in [0.2, 0.25) is 16.9 Å². The fraction of sp³-hybridized carbons (Fsp3) is 0.731. The summed E-state index contributed by atoms with van der Waals surface area (Å²) in [4.78, 5) is 38.6. The second-order valence-corrected chi connectivity index (χ2v) is 10.4. The lowest BCUT2D eigenvalue weighted by Crippen LogP contribution is -2.56. The molecule has 11 nitrogen and oxygen atoms in total. The normalized spacial score (nSPS) is 21.9. The summed E-state index contributed by atoms with van der Waals surface area (Å²) >= 11 is 0. The molecule has 3 rings (SSSR count). The first-order chi connectivity index (χ1) is 17.6. The largest absolute Gasteiger partial charge is 0.486 e. The number of carbonyl (C=O) groups excluding carboxylic acids is 2. The quantitative estimate of drug-likeness (QED) is 0.418. The molecule has 2 atom stereocenters. The Morgan fingerprint density at radius 1 is 1.22 bits per heavy atom. The molecular weight excluding hydrogens is 484 g/mol. The van der Waals surface area contributed by atoms with Crippen LogP contribution in [0.15, 0.2) is 15.3 Å². The minimum absolute atomic E-state index is 0.0239. The predicted octanol–water partition coefficient (Wildman–Crippen LogP) is 3.28. The zero-order chi connectivity index (χ0) is 26.9. The molecule has 1 aromatic rings. The number of hydrogen-bond acceptors (Lipinski definition) is 9. The number of nitrogens with one attached hydrogen (secondary N) is 2. The highest BCUT2D eigenvalue weighted by molar-refractivity contribution is 5.94. The molecule has 2 saturated heterocycles. The lowest BCUT2D eigenvalue weighted by molar-refractivity contribution is -0.171. The maximum atomic E-state index is 13.5. The van der Waals surface area contributed by atoms with Gasteiger partial charge in [0, 0.05) is 25.8 Å². The zero-order valence-corrected chi connectivity index (χ0v) is 22.3. The molecule has 37 heavy (non-hydrogen) atoms. The topological polar surface area (TPSA) is 135 Å². The number of ether oxygens (including phenoxy) is 5. The maximum Gasteiger partial charge on any atom is 0.407 e. The Morgan fingerprint density at radius 3 is 2.68 bits per heavy atom. The first-order valence-electron chi connectivity index (χ1n) is 13.0. The van der Waals surface area contributed by atoms with E-state index >= 15 is 0 Å². The molecule has 2 fully saturated rings. The summed E-state index contributed by atoms with van der Waals surface area (Å²) in [6.07, 6.45) is 3.77. The molecule has 208 valence electrons. The van der Waals surface area contributed by atoms with Crippen molar-refractivity contribution in [2.75, 3.05) is 33.0 Å². The molecule has 2 N–H and O–H groups in total. The average Bonchev–Trinajstić information content (AvgIpc) is 3.30. The van der Waals surface area contributed by atoms with Crippen molar-refractivity contribution in [1.82, 2.24) is 10.6 Å². The van der Waals surface area contributed by atoms with Crippen molar-refractivity contribution in [1.29, 1.82) is 0 Å². The van der Waals surface area contributed by atoms with Gasteiger partial charge < -0.3 is 38.7 Å².